The van der Waals surface area contributed by atoms with Crippen LogP contribution in [0.2, 0.25) is 0 Å². The van der Waals surface area contributed by atoms with E-state index in [1.54, 1.807) is 19.2 Å². The van der Waals surface area contributed by atoms with Gasteiger partial charge in [-0.1, -0.05) is 6.92 Å². The molecule has 0 bridgehead atoms. The van der Waals surface area contributed by atoms with Gasteiger partial charge in [0.25, 0.3) is 0 Å². The first-order valence-electron chi connectivity index (χ1n) is 4.68. The van der Waals surface area contributed by atoms with Crippen molar-refractivity contribution in [3.05, 3.63) is 23.3 Å². The topological polar surface area (TPSA) is 61.6 Å². The number of hydrogen-bond donors (Lipinski definition) is 1. The van der Waals surface area contributed by atoms with Crippen molar-refractivity contribution in [1.29, 1.82) is 0 Å². The number of methoxy groups -OCH3 is 2. The monoisotopic (exact) mass is 209 g/mol. The van der Waals surface area contributed by atoms with Gasteiger partial charge >= 0.3 is 5.97 Å². The van der Waals surface area contributed by atoms with Crippen LogP contribution in [0.3, 0.4) is 0 Å². The van der Waals surface area contributed by atoms with Crippen LogP contribution in [-0.2, 0) is 11.2 Å². The molecular formula is C11H15NO3. The molecule has 0 aliphatic rings. The number of benzene rings is 1. The third-order valence-electron chi connectivity index (χ3n) is 2.24. The van der Waals surface area contributed by atoms with E-state index in [4.69, 9.17) is 10.5 Å². The van der Waals surface area contributed by atoms with Crippen molar-refractivity contribution in [2.75, 3.05) is 20.0 Å². The van der Waals surface area contributed by atoms with Crippen molar-refractivity contribution in [3.63, 3.8) is 0 Å². The van der Waals surface area contributed by atoms with Gasteiger partial charge in [-0.15, -0.1) is 0 Å². The Hall–Kier alpha value is -1.71. The molecule has 2 N–H and O–H groups in total. The van der Waals surface area contributed by atoms with Crippen molar-refractivity contribution in [3.8, 4) is 5.75 Å². The number of nitrogens with two attached hydrogens (primary N) is 1. The summed E-state index contributed by atoms with van der Waals surface area (Å²) in [5.41, 5.74) is 7.68. The highest BCUT2D eigenvalue weighted by Gasteiger charge is 2.12. The van der Waals surface area contributed by atoms with Crippen LogP contribution >= 0.6 is 0 Å². The van der Waals surface area contributed by atoms with Gasteiger partial charge in [0, 0.05) is 11.3 Å². The van der Waals surface area contributed by atoms with E-state index in [1.807, 2.05) is 6.92 Å². The van der Waals surface area contributed by atoms with E-state index in [-0.39, 0.29) is 0 Å². The lowest BCUT2D eigenvalue weighted by Gasteiger charge is -2.11. The second kappa shape index (κ2) is 4.68. The first-order chi connectivity index (χ1) is 7.13. The first kappa shape index (κ1) is 11.4. The van der Waals surface area contributed by atoms with Crippen molar-refractivity contribution < 1.29 is 14.3 Å². The molecular weight excluding hydrogens is 194 g/mol. The zero-order chi connectivity index (χ0) is 11.4. The quantitative estimate of drug-likeness (QED) is 0.607. The molecule has 0 atom stereocenters. The van der Waals surface area contributed by atoms with Crippen molar-refractivity contribution in [1.82, 2.24) is 0 Å². The zero-order valence-electron chi connectivity index (χ0n) is 9.16. The molecule has 82 valence electrons. The Morgan fingerprint density at radius 1 is 1.40 bits per heavy atom. The lowest BCUT2D eigenvalue weighted by Crippen LogP contribution is -2.05. The molecule has 0 aromatic heterocycles. The van der Waals surface area contributed by atoms with Crippen LogP contribution in [0.15, 0.2) is 12.1 Å². The smallest absolute Gasteiger partial charge is 0.338 e. The van der Waals surface area contributed by atoms with Crippen LogP contribution < -0.4 is 10.5 Å². The molecule has 0 aliphatic heterocycles. The minimum Gasteiger partial charge on any atom is -0.496 e. The molecule has 4 heteroatoms. The van der Waals surface area contributed by atoms with Gasteiger partial charge < -0.3 is 15.2 Å². The maximum absolute atomic E-state index is 11.3. The van der Waals surface area contributed by atoms with E-state index in [0.29, 0.717) is 17.0 Å². The third-order valence-corrected chi connectivity index (χ3v) is 2.24. The summed E-state index contributed by atoms with van der Waals surface area (Å²) < 4.78 is 9.78. The molecule has 0 saturated carbocycles. The Labute approximate surface area is 89.0 Å². The molecule has 0 saturated heterocycles. The Balaban J connectivity index is 3.25. The number of rotatable bonds is 3. The van der Waals surface area contributed by atoms with E-state index in [1.165, 1.54) is 7.11 Å². The van der Waals surface area contributed by atoms with Crippen LogP contribution in [0.25, 0.3) is 0 Å². The minimum atomic E-state index is -0.414. The van der Waals surface area contributed by atoms with E-state index in [9.17, 15) is 4.79 Å². The molecule has 0 fully saturated rings. The summed E-state index contributed by atoms with van der Waals surface area (Å²) in [5.74, 6) is 0.209. The fourth-order valence-corrected chi connectivity index (χ4v) is 1.46. The van der Waals surface area contributed by atoms with Crippen LogP contribution in [0.4, 0.5) is 5.69 Å². The summed E-state index contributed by atoms with van der Waals surface area (Å²) >= 11 is 0. The molecule has 15 heavy (non-hydrogen) atoms. The molecule has 0 unspecified atom stereocenters. The Bertz CT molecular complexity index is 374. The average Bonchev–Trinajstić information content (AvgIpc) is 2.26. The Kier molecular flexibility index (Phi) is 3.55. The van der Waals surface area contributed by atoms with Crippen molar-refractivity contribution in [2.24, 2.45) is 0 Å². The molecule has 0 radical (unpaired) electrons. The number of carbonyl (C=O) groups is 1. The van der Waals surface area contributed by atoms with Crippen LogP contribution in [-0.4, -0.2) is 20.2 Å². The van der Waals surface area contributed by atoms with Gasteiger partial charge in [0.2, 0.25) is 0 Å². The molecule has 0 spiro atoms. The summed E-state index contributed by atoms with van der Waals surface area (Å²) in [4.78, 5) is 11.3. The summed E-state index contributed by atoms with van der Waals surface area (Å²) in [6.45, 7) is 1.98. The first-order valence-corrected chi connectivity index (χ1v) is 4.68. The highest BCUT2D eigenvalue weighted by atomic mass is 16.5. The summed E-state index contributed by atoms with van der Waals surface area (Å²) in [5, 5.41) is 0. The van der Waals surface area contributed by atoms with E-state index < -0.39 is 5.97 Å². The van der Waals surface area contributed by atoms with Gasteiger partial charge in [0.15, 0.2) is 0 Å². The molecule has 0 heterocycles. The SMILES string of the molecule is CCc1c(N)cc(C(=O)OC)cc1OC. The van der Waals surface area contributed by atoms with E-state index in [0.717, 1.165) is 12.0 Å². The summed E-state index contributed by atoms with van der Waals surface area (Å²) in [6.07, 6.45) is 0.760. The van der Waals surface area contributed by atoms with Gasteiger partial charge in [-0.2, -0.15) is 0 Å². The maximum atomic E-state index is 11.3. The van der Waals surface area contributed by atoms with Gasteiger partial charge in [-0.3, -0.25) is 0 Å². The Morgan fingerprint density at radius 3 is 2.53 bits per heavy atom. The number of esters is 1. The molecule has 1 aromatic carbocycles. The lowest BCUT2D eigenvalue weighted by atomic mass is 10.1. The summed E-state index contributed by atoms with van der Waals surface area (Å²) in [7, 11) is 2.88. The summed E-state index contributed by atoms with van der Waals surface area (Å²) in [6, 6.07) is 3.24. The lowest BCUT2D eigenvalue weighted by molar-refractivity contribution is 0.0600. The van der Waals surface area contributed by atoms with E-state index >= 15 is 0 Å². The van der Waals surface area contributed by atoms with Gasteiger partial charge in [-0.05, 0) is 18.6 Å². The van der Waals surface area contributed by atoms with Crippen LogP contribution in [0.1, 0.15) is 22.8 Å². The fourth-order valence-electron chi connectivity index (χ4n) is 1.46. The predicted octanol–water partition coefficient (Wildman–Crippen LogP) is 1.63. The van der Waals surface area contributed by atoms with Gasteiger partial charge in [-0.25, -0.2) is 4.79 Å². The maximum Gasteiger partial charge on any atom is 0.338 e. The second-order valence-electron chi connectivity index (χ2n) is 3.09. The molecule has 0 aliphatic carbocycles. The molecule has 4 nitrogen and oxygen atoms in total. The van der Waals surface area contributed by atoms with E-state index in [2.05, 4.69) is 4.74 Å². The van der Waals surface area contributed by atoms with Crippen LogP contribution in [0, 0.1) is 0 Å². The van der Waals surface area contributed by atoms with Gasteiger partial charge in [0.05, 0.1) is 19.8 Å². The molecule has 0 amide bonds. The van der Waals surface area contributed by atoms with Gasteiger partial charge in [0.1, 0.15) is 5.75 Å². The number of ether oxygens (including phenoxy) is 2. The normalized spacial score (nSPS) is 9.80. The number of nitrogen functional groups attached to an aromatic ring is 1. The largest absolute Gasteiger partial charge is 0.496 e. The predicted molar refractivity (Wildman–Crippen MR) is 58.1 cm³/mol. The minimum absolute atomic E-state index is 0.407. The number of carbonyl (C=O) groups excluding carboxylic acids is 1. The highest BCUT2D eigenvalue weighted by Crippen LogP contribution is 2.27. The molecule has 1 aromatic rings. The van der Waals surface area contributed by atoms with Crippen molar-refractivity contribution >= 4 is 11.7 Å². The second-order valence-corrected chi connectivity index (χ2v) is 3.09. The highest BCUT2D eigenvalue weighted by molar-refractivity contribution is 5.91. The third kappa shape index (κ3) is 2.21. The Morgan fingerprint density at radius 2 is 2.07 bits per heavy atom. The number of hydrogen-bond acceptors (Lipinski definition) is 4. The fraction of sp³-hybridized carbons (Fsp3) is 0.364. The van der Waals surface area contributed by atoms with Crippen molar-refractivity contribution in [2.45, 2.75) is 13.3 Å². The molecule has 1 rings (SSSR count). The standard InChI is InChI=1S/C11H15NO3/c1-4-8-9(12)5-7(11(13)15-3)6-10(8)14-2/h5-6H,4,12H2,1-3H3. The zero-order valence-corrected chi connectivity index (χ0v) is 9.16. The number of anilines is 1. The average molecular weight is 209 g/mol. The van der Waals surface area contributed by atoms with Crippen LogP contribution in [0.5, 0.6) is 5.75 Å².